The minimum atomic E-state index is -0.698. The van der Waals surface area contributed by atoms with Crippen LogP contribution in [-0.4, -0.2) is 24.2 Å². The summed E-state index contributed by atoms with van der Waals surface area (Å²) in [6.45, 7) is 3.51. The molecule has 1 heterocycles. The van der Waals surface area contributed by atoms with Crippen LogP contribution < -0.4 is 4.74 Å². The van der Waals surface area contributed by atoms with Gasteiger partial charge in [-0.2, -0.15) is 0 Å². The van der Waals surface area contributed by atoms with Gasteiger partial charge in [-0.25, -0.2) is 9.78 Å². The maximum atomic E-state index is 11.4. The van der Waals surface area contributed by atoms with Crippen LogP contribution >= 0.6 is 11.6 Å². The van der Waals surface area contributed by atoms with Gasteiger partial charge in [-0.05, 0) is 38.1 Å². The molecule has 5 heteroatoms. The Kier molecular flexibility index (Phi) is 3.90. The van der Waals surface area contributed by atoms with Crippen LogP contribution in [-0.2, 0) is 9.53 Å². The highest BCUT2D eigenvalue weighted by molar-refractivity contribution is 6.35. The quantitative estimate of drug-likeness (QED) is 0.810. The van der Waals surface area contributed by atoms with Gasteiger partial charge in [-0.3, -0.25) is 0 Å². The van der Waals surface area contributed by atoms with Crippen molar-refractivity contribution in [3.8, 4) is 5.75 Å². The predicted molar refractivity (Wildman–Crippen MR) is 73.6 cm³/mol. The van der Waals surface area contributed by atoms with Crippen molar-refractivity contribution < 1.29 is 14.3 Å². The molecular formula is C14H14ClNO3. The van der Waals surface area contributed by atoms with Crippen molar-refractivity contribution in [1.29, 1.82) is 0 Å². The molecular weight excluding hydrogens is 266 g/mol. The number of carbonyl (C=O) groups excluding carboxylic acids is 1. The largest absolute Gasteiger partial charge is 0.477 e. The van der Waals surface area contributed by atoms with E-state index in [-0.39, 0.29) is 0 Å². The molecule has 0 bridgehead atoms. The van der Waals surface area contributed by atoms with Gasteiger partial charge in [0.05, 0.1) is 12.1 Å². The lowest BCUT2D eigenvalue weighted by molar-refractivity contribution is -0.147. The number of benzene rings is 1. The summed E-state index contributed by atoms with van der Waals surface area (Å²) in [7, 11) is 1.32. The number of halogens is 1. The molecule has 1 aromatic carbocycles. The van der Waals surface area contributed by atoms with Gasteiger partial charge in [0.25, 0.3) is 0 Å². The van der Waals surface area contributed by atoms with Crippen molar-refractivity contribution in [2.24, 2.45) is 0 Å². The Bertz CT molecular complexity index is 627. The molecule has 19 heavy (non-hydrogen) atoms. The molecule has 1 aromatic heterocycles. The maximum absolute atomic E-state index is 11.4. The summed E-state index contributed by atoms with van der Waals surface area (Å²) < 4.78 is 10.2. The van der Waals surface area contributed by atoms with Crippen molar-refractivity contribution >= 4 is 28.5 Å². The Morgan fingerprint density at radius 1 is 1.32 bits per heavy atom. The van der Waals surface area contributed by atoms with E-state index in [0.717, 1.165) is 11.1 Å². The standard InChI is InChI=1S/C14H14ClNO3/c1-8-4-5-10-11(15)6-7-12(13(10)16-8)19-9(2)14(17)18-3/h4-7,9H,1-3H3. The first-order chi connectivity index (χ1) is 9.02. The van der Waals surface area contributed by atoms with Crippen LogP contribution in [0.5, 0.6) is 5.75 Å². The van der Waals surface area contributed by atoms with E-state index in [1.807, 2.05) is 19.1 Å². The predicted octanol–water partition coefficient (Wildman–Crippen LogP) is 3.14. The number of rotatable bonds is 3. The van der Waals surface area contributed by atoms with E-state index in [1.54, 1.807) is 19.1 Å². The van der Waals surface area contributed by atoms with E-state index in [0.29, 0.717) is 16.3 Å². The van der Waals surface area contributed by atoms with Crippen LogP contribution in [0.2, 0.25) is 5.02 Å². The minimum absolute atomic E-state index is 0.434. The number of fused-ring (bicyclic) bond motifs is 1. The third kappa shape index (κ3) is 2.79. The summed E-state index contributed by atoms with van der Waals surface area (Å²) in [5, 5.41) is 1.39. The van der Waals surface area contributed by atoms with Gasteiger partial charge in [0.2, 0.25) is 0 Å². The molecule has 2 aromatic rings. The molecule has 0 spiro atoms. The number of hydrogen-bond donors (Lipinski definition) is 0. The number of ether oxygens (including phenoxy) is 2. The van der Waals surface area contributed by atoms with Gasteiger partial charge in [0.1, 0.15) is 11.3 Å². The molecule has 1 atom stereocenters. The highest BCUT2D eigenvalue weighted by Crippen LogP contribution is 2.30. The second kappa shape index (κ2) is 5.45. The van der Waals surface area contributed by atoms with Crippen LogP contribution in [0.4, 0.5) is 0 Å². The molecule has 0 aliphatic carbocycles. The Morgan fingerprint density at radius 2 is 2.05 bits per heavy atom. The first-order valence-corrected chi connectivity index (χ1v) is 6.21. The number of nitrogens with zero attached hydrogens (tertiary/aromatic N) is 1. The highest BCUT2D eigenvalue weighted by Gasteiger charge is 2.17. The SMILES string of the molecule is COC(=O)C(C)Oc1ccc(Cl)c2ccc(C)nc12. The molecule has 1 unspecified atom stereocenters. The molecule has 0 radical (unpaired) electrons. The first-order valence-electron chi connectivity index (χ1n) is 5.83. The highest BCUT2D eigenvalue weighted by atomic mass is 35.5. The molecule has 100 valence electrons. The van der Waals surface area contributed by atoms with Gasteiger partial charge >= 0.3 is 5.97 Å². The summed E-state index contributed by atoms with van der Waals surface area (Å²) in [4.78, 5) is 15.8. The van der Waals surface area contributed by atoms with Crippen molar-refractivity contribution in [3.63, 3.8) is 0 Å². The second-order valence-electron chi connectivity index (χ2n) is 4.18. The van der Waals surface area contributed by atoms with Crippen LogP contribution in [0.25, 0.3) is 10.9 Å². The zero-order chi connectivity index (χ0) is 14.0. The van der Waals surface area contributed by atoms with Crippen molar-refractivity contribution in [2.45, 2.75) is 20.0 Å². The fraction of sp³-hybridized carbons (Fsp3) is 0.286. The maximum Gasteiger partial charge on any atom is 0.346 e. The molecule has 0 saturated heterocycles. The molecule has 0 fully saturated rings. The second-order valence-corrected chi connectivity index (χ2v) is 4.58. The minimum Gasteiger partial charge on any atom is -0.477 e. The van der Waals surface area contributed by atoms with E-state index < -0.39 is 12.1 Å². The van der Waals surface area contributed by atoms with E-state index in [9.17, 15) is 4.79 Å². The zero-order valence-corrected chi connectivity index (χ0v) is 11.7. The van der Waals surface area contributed by atoms with Gasteiger partial charge in [0.15, 0.2) is 6.10 Å². The average molecular weight is 280 g/mol. The third-order valence-electron chi connectivity index (χ3n) is 2.74. The van der Waals surface area contributed by atoms with Crippen LogP contribution in [0.3, 0.4) is 0 Å². The monoisotopic (exact) mass is 279 g/mol. The number of carbonyl (C=O) groups is 1. The molecule has 0 saturated carbocycles. The van der Waals surface area contributed by atoms with Crippen molar-refractivity contribution in [2.75, 3.05) is 7.11 Å². The molecule has 0 aliphatic rings. The number of aromatic nitrogens is 1. The summed E-state index contributed by atoms with van der Waals surface area (Å²) >= 11 is 6.12. The Labute approximate surface area is 116 Å². The topological polar surface area (TPSA) is 48.4 Å². The number of pyridine rings is 1. The number of esters is 1. The van der Waals surface area contributed by atoms with Crippen LogP contribution in [0.1, 0.15) is 12.6 Å². The van der Waals surface area contributed by atoms with Gasteiger partial charge in [0, 0.05) is 11.1 Å². The first kappa shape index (κ1) is 13.6. The summed E-state index contributed by atoms with van der Waals surface area (Å²) in [6, 6.07) is 7.19. The normalized spacial score (nSPS) is 12.2. The Balaban J connectivity index is 2.46. The third-order valence-corrected chi connectivity index (χ3v) is 3.07. The van der Waals surface area contributed by atoms with Crippen molar-refractivity contribution in [1.82, 2.24) is 4.98 Å². The lowest BCUT2D eigenvalue weighted by Gasteiger charge is -2.14. The molecule has 4 nitrogen and oxygen atoms in total. The van der Waals surface area contributed by atoms with Crippen LogP contribution in [0, 0.1) is 6.92 Å². The summed E-state index contributed by atoms with van der Waals surface area (Å²) in [6.07, 6.45) is -0.698. The molecule has 0 amide bonds. The fourth-order valence-electron chi connectivity index (χ4n) is 1.75. The van der Waals surface area contributed by atoms with Gasteiger partial charge < -0.3 is 9.47 Å². The Morgan fingerprint density at radius 3 is 2.74 bits per heavy atom. The smallest absolute Gasteiger partial charge is 0.346 e. The molecule has 0 aliphatic heterocycles. The summed E-state index contributed by atoms with van der Waals surface area (Å²) in [5.41, 5.74) is 1.49. The molecule has 0 N–H and O–H groups in total. The lowest BCUT2D eigenvalue weighted by Crippen LogP contribution is -2.25. The average Bonchev–Trinajstić information content (AvgIpc) is 2.40. The molecule has 2 rings (SSSR count). The van der Waals surface area contributed by atoms with E-state index in [2.05, 4.69) is 9.72 Å². The van der Waals surface area contributed by atoms with Crippen molar-refractivity contribution in [3.05, 3.63) is 35.0 Å². The lowest BCUT2D eigenvalue weighted by atomic mass is 10.2. The van der Waals surface area contributed by atoms with Gasteiger partial charge in [-0.15, -0.1) is 0 Å². The Hall–Kier alpha value is -1.81. The fourth-order valence-corrected chi connectivity index (χ4v) is 1.97. The van der Waals surface area contributed by atoms with E-state index in [4.69, 9.17) is 16.3 Å². The number of hydrogen-bond acceptors (Lipinski definition) is 4. The number of methoxy groups -OCH3 is 1. The van der Waals surface area contributed by atoms with Gasteiger partial charge in [-0.1, -0.05) is 11.6 Å². The van der Waals surface area contributed by atoms with Crippen LogP contribution in [0.15, 0.2) is 24.3 Å². The van der Waals surface area contributed by atoms with E-state index >= 15 is 0 Å². The van der Waals surface area contributed by atoms with E-state index in [1.165, 1.54) is 7.11 Å². The zero-order valence-electron chi connectivity index (χ0n) is 10.9. The number of aryl methyl sites for hydroxylation is 1. The summed E-state index contributed by atoms with van der Waals surface area (Å²) in [5.74, 6) is 0.0803.